The van der Waals surface area contributed by atoms with E-state index in [2.05, 4.69) is 22.0 Å². The van der Waals surface area contributed by atoms with E-state index in [0.29, 0.717) is 6.42 Å². The van der Waals surface area contributed by atoms with Crippen LogP contribution in [0, 0.1) is 0 Å². The SMILES string of the molecule is CCCN1CCN(CCC(NC(C)C)C(=O)O)CC1. The predicted octanol–water partition coefficient (Wildman–Crippen LogP) is 0.855. The molecule has 1 saturated heterocycles. The van der Waals surface area contributed by atoms with Crippen LogP contribution in [0.2, 0.25) is 0 Å². The zero-order valence-corrected chi connectivity index (χ0v) is 12.6. The molecular formula is C14H29N3O2. The first-order valence-corrected chi connectivity index (χ1v) is 7.46. The summed E-state index contributed by atoms with van der Waals surface area (Å²) in [5.41, 5.74) is 0. The third-order valence-electron chi connectivity index (χ3n) is 3.57. The molecule has 5 heteroatoms. The molecule has 1 aliphatic heterocycles. The molecule has 1 fully saturated rings. The average molecular weight is 271 g/mol. The number of carboxylic acids is 1. The first-order valence-electron chi connectivity index (χ1n) is 7.46. The van der Waals surface area contributed by atoms with E-state index in [0.717, 1.165) is 32.7 Å². The highest BCUT2D eigenvalue weighted by Gasteiger charge is 2.21. The highest BCUT2D eigenvalue weighted by atomic mass is 16.4. The fourth-order valence-corrected chi connectivity index (χ4v) is 2.54. The Morgan fingerprint density at radius 1 is 1.16 bits per heavy atom. The minimum atomic E-state index is -0.738. The van der Waals surface area contributed by atoms with Crippen molar-refractivity contribution in [3.8, 4) is 0 Å². The van der Waals surface area contributed by atoms with Crippen LogP contribution in [0.5, 0.6) is 0 Å². The molecule has 19 heavy (non-hydrogen) atoms. The fourth-order valence-electron chi connectivity index (χ4n) is 2.54. The lowest BCUT2D eigenvalue weighted by Gasteiger charge is -2.35. The number of hydrogen-bond donors (Lipinski definition) is 2. The molecule has 0 radical (unpaired) electrons. The maximum Gasteiger partial charge on any atom is 0.320 e. The topological polar surface area (TPSA) is 55.8 Å². The van der Waals surface area contributed by atoms with Crippen molar-refractivity contribution in [3.63, 3.8) is 0 Å². The van der Waals surface area contributed by atoms with E-state index < -0.39 is 12.0 Å². The average Bonchev–Trinajstić information content (AvgIpc) is 2.36. The van der Waals surface area contributed by atoms with Gasteiger partial charge in [0, 0.05) is 38.8 Å². The Morgan fingerprint density at radius 2 is 1.68 bits per heavy atom. The first kappa shape index (κ1) is 16.4. The highest BCUT2D eigenvalue weighted by Crippen LogP contribution is 2.05. The Balaban J connectivity index is 2.26. The number of carboxylic acid groups (broad SMARTS) is 1. The van der Waals surface area contributed by atoms with Crippen LogP contribution in [0.4, 0.5) is 0 Å². The van der Waals surface area contributed by atoms with Gasteiger partial charge in [-0.1, -0.05) is 20.8 Å². The monoisotopic (exact) mass is 271 g/mol. The molecule has 0 spiro atoms. The molecule has 1 aliphatic rings. The maximum atomic E-state index is 11.2. The van der Waals surface area contributed by atoms with Crippen LogP contribution in [-0.4, -0.2) is 72.2 Å². The molecule has 2 N–H and O–H groups in total. The van der Waals surface area contributed by atoms with Crippen molar-refractivity contribution >= 4 is 5.97 Å². The molecule has 0 amide bonds. The van der Waals surface area contributed by atoms with E-state index in [-0.39, 0.29) is 6.04 Å². The zero-order chi connectivity index (χ0) is 14.3. The lowest BCUT2D eigenvalue weighted by Crippen LogP contribution is -2.49. The third kappa shape index (κ3) is 6.36. The zero-order valence-electron chi connectivity index (χ0n) is 12.6. The second-order valence-corrected chi connectivity index (χ2v) is 5.68. The van der Waals surface area contributed by atoms with Gasteiger partial charge in [0.1, 0.15) is 6.04 Å². The van der Waals surface area contributed by atoms with Crippen molar-refractivity contribution in [1.82, 2.24) is 15.1 Å². The summed E-state index contributed by atoms with van der Waals surface area (Å²) < 4.78 is 0. The lowest BCUT2D eigenvalue weighted by molar-refractivity contribution is -0.140. The van der Waals surface area contributed by atoms with E-state index >= 15 is 0 Å². The number of nitrogens with zero attached hydrogens (tertiary/aromatic N) is 2. The molecule has 1 rings (SSSR count). The summed E-state index contributed by atoms with van der Waals surface area (Å²) in [6.07, 6.45) is 1.89. The smallest absolute Gasteiger partial charge is 0.320 e. The molecule has 112 valence electrons. The standard InChI is InChI=1S/C14H29N3O2/c1-4-6-16-8-10-17(11-9-16)7-5-13(14(18)19)15-12(2)3/h12-13,15H,4-11H2,1-3H3,(H,18,19). The lowest BCUT2D eigenvalue weighted by atomic mass is 10.1. The molecule has 5 nitrogen and oxygen atoms in total. The number of nitrogens with one attached hydrogen (secondary N) is 1. The molecule has 1 heterocycles. The van der Waals surface area contributed by atoms with Gasteiger partial charge in [0.25, 0.3) is 0 Å². The number of carbonyl (C=O) groups is 1. The van der Waals surface area contributed by atoms with E-state index in [9.17, 15) is 9.90 Å². The Labute approximate surface area is 117 Å². The fraction of sp³-hybridized carbons (Fsp3) is 0.929. The van der Waals surface area contributed by atoms with Gasteiger partial charge < -0.3 is 20.2 Å². The molecule has 0 aliphatic carbocycles. The second-order valence-electron chi connectivity index (χ2n) is 5.68. The van der Waals surface area contributed by atoms with Crippen molar-refractivity contribution in [1.29, 1.82) is 0 Å². The minimum absolute atomic E-state index is 0.211. The van der Waals surface area contributed by atoms with Crippen LogP contribution in [0.1, 0.15) is 33.6 Å². The summed E-state index contributed by atoms with van der Waals surface area (Å²) in [6.45, 7) is 12.6. The van der Waals surface area contributed by atoms with Gasteiger partial charge in [0.05, 0.1) is 0 Å². The van der Waals surface area contributed by atoms with Crippen LogP contribution < -0.4 is 5.32 Å². The van der Waals surface area contributed by atoms with Gasteiger partial charge in [-0.15, -0.1) is 0 Å². The number of hydrogen-bond acceptors (Lipinski definition) is 4. The van der Waals surface area contributed by atoms with Crippen molar-refractivity contribution in [2.24, 2.45) is 0 Å². The van der Waals surface area contributed by atoms with E-state index in [4.69, 9.17) is 0 Å². The van der Waals surface area contributed by atoms with Gasteiger partial charge in [-0.25, -0.2) is 0 Å². The molecular weight excluding hydrogens is 242 g/mol. The number of piperazine rings is 1. The number of aliphatic carboxylic acids is 1. The third-order valence-corrected chi connectivity index (χ3v) is 3.57. The molecule has 0 aromatic heterocycles. The highest BCUT2D eigenvalue weighted by molar-refractivity contribution is 5.73. The van der Waals surface area contributed by atoms with Crippen LogP contribution >= 0.6 is 0 Å². The quantitative estimate of drug-likeness (QED) is 0.685. The van der Waals surface area contributed by atoms with Crippen LogP contribution in [0.15, 0.2) is 0 Å². The molecule has 0 saturated carbocycles. The normalized spacial score (nSPS) is 19.8. The van der Waals surface area contributed by atoms with E-state index in [1.165, 1.54) is 13.0 Å². The van der Waals surface area contributed by atoms with Gasteiger partial charge in [0.2, 0.25) is 0 Å². The Morgan fingerprint density at radius 3 is 2.11 bits per heavy atom. The minimum Gasteiger partial charge on any atom is -0.480 e. The number of rotatable bonds is 8. The molecule has 0 bridgehead atoms. The van der Waals surface area contributed by atoms with Gasteiger partial charge in [-0.3, -0.25) is 4.79 Å². The first-order chi connectivity index (χ1) is 9.02. The maximum absolute atomic E-state index is 11.2. The molecule has 0 aromatic rings. The van der Waals surface area contributed by atoms with Gasteiger partial charge >= 0.3 is 5.97 Å². The Kier molecular flexibility index (Phi) is 7.34. The van der Waals surface area contributed by atoms with Crippen molar-refractivity contribution in [2.75, 3.05) is 39.3 Å². The van der Waals surface area contributed by atoms with Crippen LogP contribution in [0.3, 0.4) is 0 Å². The summed E-state index contributed by atoms with van der Waals surface area (Å²) in [7, 11) is 0. The van der Waals surface area contributed by atoms with Crippen molar-refractivity contribution < 1.29 is 9.90 Å². The largest absolute Gasteiger partial charge is 0.480 e. The second kappa shape index (κ2) is 8.51. The summed E-state index contributed by atoms with van der Waals surface area (Å²) >= 11 is 0. The van der Waals surface area contributed by atoms with Gasteiger partial charge in [-0.05, 0) is 19.4 Å². The Hall–Kier alpha value is -0.650. The summed E-state index contributed by atoms with van der Waals surface area (Å²) in [4.78, 5) is 16.0. The molecule has 1 atom stereocenters. The predicted molar refractivity (Wildman–Crippen MR) is 77.5 cm³/mol. The van der Waals surface area contributed by atoms with Gasteiger partial charge in [-0.2, -0.15) is 0 Å². The van der Waals surface area contributed by atoms with Crippen molar-refractivity contribution in [3.05, 3.63) is 0 Å². The van der Waals surface area contributed by atoms with E-state index in [1.807, 2.05) is 13.8 Å². The van der Waals surface area contributed by atoms with Crippen LogP contribution in [0.25, 0.3) is 0 Å². The molecule has 0 aromatic carbocycles. The van der Waals surface area contributed by atoms with Gasteiger partial charge in [0.15, 0.2) is 0 Å². The summed E-state index contributed by atoms with van der Waals surface area (Å²) in [6, 6.07) is -0.212. The summed E-state index contributed by atoms with van der Waals surface area (Å²) in [5, 5.41) is 12.3. The van der Waals surface area contributed by atoms with E-state index in [1.54, 1.807) is 0 Å². The summed E-state index contributed by atoms with van der Waals surface area (Å²) in [5.74, 6) is -0.738. The van der Waals surface area contributed by atoms with Crippen LogP contribution in [-0.2, 0) is 4.79 Å². The van der Waals surface area contributed by atoms with Crippen molar-refractivity contribution in [2.45, 2.75) is 45.7 Å². The molecule has 1 unspecified atom stereocenters. The Bertz CT molecular complexity index is 263.